The van der Waals surface area contributed by atoms with Crippen molar-refractivity contribution < 1.29 is 18.8 Å². The molecule has 3 rings (SSSR count). The first-order valence-electron chi connectivity index (χ1n) is 8.74. The van der Waals surface area contributed by atoms with Crippen LogP contribution in [-0.2, 0) is 11.3 Å². The standard InChI is InChI=1S/C21H19FN2O3S/c1-3-23(2)19(25)16-8-4-6-14(10-16)12-18-20(26)24(21(27)28-18)13-15-7-5-9-17(22)11-15/h4-12H,3,13H2,1-2H3/b18-12-. The van der Waals surface area contributed by atoms with Crippen molar-refractivity contribution in [3.8, 4) is 0 Å². The maximum absolute atomic E-state index is 13.3. The molecular weight excluding hydrogens is 379 g/mol. The van der Waals surface area contributed by atoms with Crippen LogP contribution in [0.3, 0.4) is 0 Å². The fourth-order valence-electron chi connectivity index (χ4n) is 2.73. The molecule has 1 heterocycles. The first-order valence-corrected chi connectivity index (χ1v) is 9.56. The molecule has 7 heteroatoms. The average molecular weight is 398 g/mol. The molecule has 1 aliphatic rings. The Bertz CT molecular complexity index is 974. The number of imide groups is 1. The van der Waals surface area contributed by atoms with E-state index in [2.05, 4.69) is 0 Å². The Kier molecular flexibility index (Phi) is 5.94. The summed E-state index contributed by atoms with van der Waals surface area (Å²) in [5.74, 6) is -0.961. The highest BCUT2D eigenvalue weighted by molar-refractivity contribution is 8.18. The van der Waals surface area contributed by atoms with E-state index >= 15 is 0 Å². The molecule has 0 unspecified atom stereocenters. The smallest absolute Gasteiger partial charge is 0.293 e. The van der Waals surface area contributed by atoms with E-state index in [0.29, 0.717) is 23.2 Å². The quantitative estimate of drug-likeness (QED) is 0.710. The van der Waals surface area contributed by atoms with Gasteiger partial charge in [0.25, 0.3) is 17.1 Å². The summed E-state index contributed by atoms with van der Waals surface area (Å²) in [6.07, 6.45) is 1.60. The van der Waals surface area contributed by atoms with Crippen LogP contribution in [0.2, 0.25) is 0 Å². The van der Waals surface area contributed by atoms with Crippen LogP contribution in [0.15, 0.2) is 53.4 Å². The van der Waals surface area contributed by atoms with Gasteiger partial charge in [0, 0.05) is 19.2 Å². The van der Waals surface area contributed by atoms with Crippen LogP contribution >= 0.6 is 11.8 Å². The van der Waals surface area contributed by atoms with Gasteiger partial charge in [-0.1, -0.05) is 24.3 Å². The lowest BCUT2D eigenvalue weighted by Crippen LogP contribution is -2.27. The van der Waals surface area contributed by atoms with Crippen molar-refractivity contribution in [3.63, 3.8) is 0 Å². The van der Waals surface area contributed by atoms with Gasteiger partial charge < -0.3 is 4.90 Å². The summed E-state index contributed by atoms with van der Waals surface area (Å²) in [7, 11) is 1.72. The molecule has 2 aromatic rings. The average Bonchev–Trinajstić information content (AvgIpc) is 2.94. The number of hydrogen-bond donors (Lipinski definition) is 0. The number of halogens is 1. The zero-order valence-electron chi connectivity index (χ0n) is 15.5. The van der Waals surface area contributed by atoms with E-state index in [4.69, 9.17) is 0 Å². The minimum Gasteiger partial charge on any atom is -0.342 e. The molecule has 144 valence electrons. The molecule has 1 aliphatic heterocycles. The summed E-state index contributed by atoms with van der Waals surface area (Å²) >= 11 is 0.835. The van der Waals surface area contributed by atoms with Gasteiger partial charge in [-0.15, -0.1) is 0 Å². The second kappa shape index (κ2) is 8.39. The lowest BCUT2D eigenvalue weighted by atomic mass is 10.1. The Morgan fingerprint density at radius 2 is 1.93 bits per heavy atom. The summed E-state index contributed by atoms with van der Waals surface area (Å²) in [5, 5.41) is -0.404. The molecular formula is C21H19FN2O3S. The van der Waals surface area contributed by atoms with Gasteiger partial charge in [0.15, 0.2) is 0 Å². The summed E-state index contributed by atoms with van der Waals surface area (Å²) in [6, 6.07) is 12.7. The van der Waals surface area contributed by atoms with Gasteiger partial charge >= 0.3 is 0 Å². The fraction of sp³-hybridized carbons (Fsp3) is 0.190. The van der Waals surface area contributed by atoms with Crippen molar-refractivity contribution in [1.82, 2.24) is 9.80 Å². The molecule has 0 atom stereocenters. The normalized spacial score (nSPS) is 15.4. The van der Waals surface area contributed by atoms with Crippen LogP contribution in [0.5, 0.6) is 0 Å². The minimum absolute atomic E-state index is 0.0135. The molecule has 0 aliphatic carbocycles. The minimum atomic E-state index is -0.429. The highest BCUT2D eigenvalue weighted by Crippen LogP contribution is 2.33. The Morgan fingerprint density at radius 3 is 2.64 bits per heavy atom. The zero-order valence-corrected chi connectivity index (χ0v) is 16.3. The van der Waals surface area contributed by atoms with Gasteiger partial charge in [-0.05, 0) is 60.2 Å². The Morgan fingerprint density at radius 1 is 1.18 bits per heavy atom. The Balaban J connectivity index is 1.81. The van der Waals surface area contributed by atoms with Gasteiger partial charge in [-0.3, -0.25) is 19.3 Å². The molecule has 0 saturated carbocycles. The Labute approximate surface area is 166 Å². The molecule has 0 aromatic heterocycles. The number of thioether (sulfide) groups is 1. The molecule has 3 amide bonds. The molecule has 0 spiro atoms. The summed E-state index contributed by atoms with van der Waals surface area (Å²) < 4.78 is 13.3. The summed E-state index contributed by atoms with van der Waals surface area (Å²) in [4.78, 5) is 40.1. The van der Waals surface area contributed by atoms with Crippen LogP contribution in [0.1, 0.15) is 28.4 Å². The van der Waals surface area contributed by atoms with E-state index < -0.39 is 17.0 Å². The predicted molar refractivity (Wildman–Crippen MR) is 107 cm³/mol. The highest BCUT2D eigenvalue weighted by Gasteiger charge is 2.35. The van der Waals surface area contributed by atoms with Gasteiger partial charge in [0.2, 0.25) is 0 Å². The fourth-order valence-corrected chi connectivity index (χ4v) is 3.57. The molecule has 2 aromatic carbocycles. The van der Waals surface area contributed by atoms with Crippen LogP contribution in [0.4, 0.5) is 9.18 Å². The van der Waals surface area contributed by atoms with Crippen molar-refractivity contribution in [3.05, 3.63) is 75.9 Å². The first-order chi connectivity index (χ1) is 13.4. The van der Waals surface area contributed by atoms with E-state index in [0.717, 1.165) is 16.7 Å². The second-order valence-corrected chi connectivity index (χ2v) is 7.34. The lowest BCUT2D eigenvalue weighted by Gasteiger charge is -2.14. The molecule has 1 fully saturated rings. The number of carbonyl (C=O) groups is 3. The third-order valence-corrected chi connectivity index (χ3v) is 5.26. The van der Waals surface area contributed by atoms with E-state index in [1.54, 1.807) is 48.4 Å². The zero-order chi connectivity index (χ0) is 20.3. The van der Waals surface area contributed by atoms with Crippen LogP contribution in [0.25, 0.3) is 6.08 Å². The molecule has 0 radical (unpaired) electrons. The van der Waals surface area contributed by atoms with Crippen molar-refractivity contribution in [2.45, 2.75) is 13.5 Å². The van der Waals surface area contributed by atoms with E-state index in [1.165, 1.54) is 18.2 Å². The number of amides is 3. The van der Waals surface area contributed by atoms with Crippen molar-refractivity contribution in [2.24, 2.45) is 0 Å². The monoisotopic (exact) mass is 398 g/mol. The third-order valence-electron chi connectivity index (χ3n) is 4.36. The van der Waals surface area contributed by atoms with Gasteiger partial charge in [-0.25, -0.2) is 4.39 Å². The van der Waals surface area contributed by atoms with Gasteiger partial charge in [0.05, 0.1) is 11.4 Å². The number of nitrogens with zero attached hydrogens (tertiary/aromatic N) is 2. The first kappa shape index (κ1) is 19.8. The van der Waals surface area contributed by atoms with E-state index in [-0.39, 0.29) is 17.4 Å². The van der Waals surface area contributed by atoms with E-state index in [1.807, 2.05) is 6.92 Å². The summed E-state index contributed by atoms with van der Waals surface area (Å²) in [5.41, 5.74) is 1.71. The molecule has 1 saturated heterocycles. The van der Waals surface area contributed by atoms with Crippen molar-refractivity contribution >= 4 is 34.9 Å². The van der Waals surface area contributed by atoms with Gasteiger partial charge in [-0.2, -0.15) is 0 Å². The molecule has 28 heavy (non-hydrogen) atoms. The van der Waals surface area contributed by atoms with Crippen molar-refractivity contribution in [1.29, 1.82) is 0 Å². The Hall–Kier alpha value is -2.93. The largest absolute Gasteiger partial charge is 0.342 e. The summed E-state index contributed by atoms with van der Waals surface area (Å²) in [6.45, 7) is 2.48. The number of benzene rings is 2. The van der Waals surface area contributed by atoms with Gasteiger partial charge in [0.1, 0.15) is 5.82 Å². The molecule has 0 N–H and O–H groups in total. The van der Waals surface area contributed by atoms with Crippen LogP contribution in [0, 0.1) is 5.82 Å². The lowest BCUT2D eigenvalue weighted by molar-refractivity contribution is -0.123. The highest BCUT2D eigenvalue weighted by atomic mass is 32.2. The molecule has 0 bridgehead atoms. The number of carbonyl (C=O) groups excluding carboxylic acids is 3. The van der Waals surface area contributed by atoms with E-state index in [9.17, 15) is 18.8 Å². The predicted octanol–water partition coefficient (Wildman–Crippen LogP) is 4.15. The SMILES string of the molecule is CCN(C)C(=O)c1cccc(/C=C2\SC(=O)N(Cc3cccc(F)c3)C2=O)c1. The van der Waals surface area contributed by atoms with Crippen molar-refractivity contribution in [2.75, 3.05) is 13.6 Å². The molecule has 5 nitrogen and oxygen atoms in total. The second-order valence-electron chi connectivity index (χ2n) is 6.34. The maximum Gasteiger partial charge on any atom is 0.293 e. The third kappa shape index (κ3) is 4.31. The number of hydrogen-bond acceptors (Lipinski definition) is 4. The maximum atomic E-state index is 13.3. The topological polar surface area (TPSA) is 57.7 Å². The van der Waals surface area contributed by atoms with Crippen LogP contribution < -0.4 is 0 Å². The van der Waals surface area contributed by atoms with Crippen LogP contribution in [-0.4, -0.2) is 40.4 Å². The number of rotatable bonds is 5.